The Balaban J connectivity index is 1.85. The second-order valence-electron chi connectivity index (χ2n) is 6.19. The molecule has 0 spiro atoms. The molecule has 1 aromatic carbocycles. The molecule has 1 saturated carbocycles. The summed E-state index contributed by atoms with van der Waals surface area (Å²) >= 11 is 0. The van der Waals surface area contributed by atoms with Crippen LogP contribution in [0.1, 0.15) is 75.5 Å². The van der Waals surface area contributed by atoms with Crippen molar-refractivity contribution in [3.8, 4) is 0 Å². The van der Waals surface area contributed by atoms with E-state index in [1.165, 1.54) is 68.9 Å². The summed E-state index contributed by atoms with van der Waals surface area (Å²) in [6.45, 7) is 2.24. The molecule has 1 atom stereocenters. The molecule has 0 aliphatic heterocycles. The third-order valence-corrected chi connectivity index (χ3v) is 4.54. The largest absolute Gasteiger partial charge is 0.324 e. The van der Waals surface area contributed by atoms with Crippen molar-refractivity contribution in [2.45, 2.75) is 70.8 Å². The lowest BCUT2D eigenvalue weighted by Gasteiger charge is -2.24. The molecule has 0 aromatic heterocycles. The minimum absolute atomic E-state index is 0.239. The van der Waals surface area contributed by atoms with Gasteiger partial charge in [-0.3, -0.25) is 0 Å². The van der Waals surface area contributed by atoms with Gasteiger partial charge in [-0.1, -0.05) is 69.7 Å². The van der Waals surface area contributed by atoms with E-state index in [1.54, 1.807) is 0 Å². The van der Waals surface area contributed by atoms with Crippen LogP contribution in [0.4, 0.5) is 0 Å². The van der Waals surface area contributed by atoms with E-state index in [2.05, 4.69) is 31.2 Å². The molecular weight excluding hydrogens is 230 g/mol. The number of unbranched alkanes of at least 4 members (excludes halogenated alkanes) is 1. The topological polar surface area (TPSA) is 26.0 Å². The molecule has 0 saturated heterocycles. The highest BCUT2D eigenvalue weighted by Gasteiger charge is 2.17. The maximum absolute atomic E-state index is 6.38. The molecular formula is C18H29N. The average molecular weight is 259 g/mol. The van der Waals surface area contributed by atoms with E-state index >= 15 is 0 Å². The maximum atomic E-state index is 6.38. The zero-order valence-corrected chi connectivity index (χ0v) is 12.4. The van der Waals surface area contributed by atoms with Crippen LogP contribution in [0.3, 0.4) is 0 Å². The molecule has 0 amide bonds. The van der Waals surface area contributed by atoms with Gasteiger partial charge in [0, 0.05) is 6.04 Å². The van der Waals surface area contributed by atoms with Gasteiger partial charge in [-0.15, -0.1) is 0 Å². The monoisotopic (exact) mass is 259 g/mol. The quantitative estimate of drug-likeness (QED) is 0.764. The van der Waals surface area contributed by atoms with Crippen LogP contribution >= 0.6 is 0 Å². The standard InChI is InChI=1S/C18H29N/c1-2-3-7-15-10-12-17(13-11-15)18(19)14-16-8-5-4-6-9-16/h10-13,16,18H,2-9,14,19H2,1H3. The van der Waals surface area contributed by atoms with Crippen molar-refractivity contribution in [1.29, 1.82) is 0 Å². The summed E-state index contributed by atoms with van der Waals surface area (Å²) in [6, 6.07) is 9.28. The van der Waals surface area contributed by atoms with E-state index in [0.29, 0.717) is 0 Å². The van der Waals surface area contributed by atoms with Gasteiger partial charge in [-0.2, -0.15) is 0 Å². The van der Waals surface area contributed by atoms with E-state index in [0.717, 1.165) is 5.92 Å². The van der Waals surface area contributed by atoms with Gasteiger partial charge in [0.1, 0.15) is 0 Å². The molecule has 1 heteroatoms. The third-order valence-electron chi connectivity index (χ3n) is 4.54. The highest BCUT2D eigenvalue weighted by Crippen LogP contribution is 2.30. The minimum atomic E-state index is 0.239. The SMILES string of the molecule is CCCCc1ccc(C(N)CC2CCCCC2)cc1. The molecule has 1 aliphatic carbocycles. The van der Waals surface area contributed by atoms with Crippen molar-refractivity contribution >= 4 is 0 Å². The number of nitrogens with two attached hydrogens (primary N) is 1. The molecule has 0 radical (unpaired) electrons. The van der Waals surface area contributed by atoms with Crippen LogP contribution < -0.4 is 5.73 Å². The molecule has 1 aromatic rings. The second-order valence-corrected chi connectivity index (χ2v) is 6.19. The van der Waals surface area contributed by atoms with E-state index in [-0.39, 0.29) is 6.04 Å². The number of aryl methyl sites for hydroxylation is 1. The summed E-state index contributed by atoms with van der Waals surface area (Å²) in [6.07, 6.45) is 12.0. The summed E-state index contributed by atoms with van der Waals surface area (Å²) in [4.78, 5) is 0. The summed E-state index contributed by atoms with van der Waals surface area (Å²) in [7, 11) is 0. The highest BCUT2D eigenvalue weighted by molar-refractivity contribution is 5.25. The predicted molar refractivity (Wildman–Crippen MR) is 83.2 cm³/mol. The molecule has 2 N–H and O–H groups in total. The van der Waals surface area contributed by atoms with Crippen molar-refractivity contribution in [3.63, 3.8) is 0 Å². The number of rotatable bonds is 6. The molecule has 1 aliphatic rings. The average Bonchev–Trinajstić information content (AvgIpc) is 2.46. The molecule has 19 heavy (non-hydrogen) atoms. The fraction of sp³-hybridized carbons (Fsp3) is 0.667. The zero-order valence-electron chi connectivity index (χ0n) is 12.4. The fourth-order valence-electron chi connectivity index (χ4n) is 3.23. The van der Waals surface area contributed by atoms with Crippen LogP contribution in [0.15, 0.2) is 24.3 Å². The van der Waals surface area contributed by atoms with Crippen LogP contribution in [-0.4, -0.2) is 0 Å². The Morgan fingerprint density at radius 3 is 2.42 bits per heavy atom. The van der Waals surface area contributed by atoms with E-state index < -0.39 is 0 Å². The Kier molecular flexibility index (Phi) is 5.91. The van der Waals surface area contributed by atoms with Crippen molar-refractivity contribution < 1.29 is 0 Å². The lowest BCUT2D eigenvalue weighted by atomic mass is 9.83. The van der Waals surface area contributed by atoms with Gasteiger partial charge < -0.3 is 5.73 Å². The predicted octanol–water partition coefficient (Wildman–Crippen LogP) is 5.00. The van der Waals surface area contributed by atoms with Crippen LogP contribution in [0.5, 0.6) is 0 Å². The molecule has 1 fully saturated rings. The third kappa shape index (κ3) is 4.65. The summed E-state index contributed by atoms with van der Waals surface area (Å²) < 4.78 is 0. The van der Waals surface area contributed by atoms with Gasteiger partial charge in [0.25, 0.3) is 0 Å². The molecule has 1 unspecified atom stereocenters. The van der Waals surface area contributed by atoms with Crippen LogP contribution in [0, 0.1) is 5.92 Å². The van der Waals surface area contributed by atoms with E-state index in [1.807, 2.05) is 0 Å². The summed E-state index contributed by atoms with van der Waals surface area (Å²) in [5.74, 6) is 0.864. The first-order valence-corrected chi connectivity index (χ1v) is 8.14. The van der Waals surface area contributed by atoms with Gasteiger partial charge in [0.15, 0.2) is 0 Å². The number of hydrogen-bond donors (Lipinski definition) is 1. The Morgan fingerprint density at radius 1 is 1.11 bits per heavy atom. The van der Waals surface area contributed by atoms with E-state index in [4.69, 9.17) is 5.73 Å². The van der Waals surface area contributed by atoms with Crippen molar-refractivity contribution in [2.24, 2.45) is 11.7 Å². The molecule has 106 valence electrons. The second kappa shape index (κ2) is 7.69. The first kappa shape index (κ1) is 14.6. The zero-order chi connectivity index (χ0) is 13.5. The maximum Gasteiger partial charge on any atom is 0.0297 e. The highest BCUT2D eigenvalue weighted by atomic mass is 14.6. The molecule has 0 bridgehead atoms. The minimum Gasteiger partial charge on any atom is -0.324 e. The Labute approximate surface area is 118 Å². The fourth-order valence-corrected chi connectivity index (χ4v) is 3.23. The van der Waals surface area contributed by atoms with Gasteiger partial charge in [0.05, 0.1) is 0 Å². The first-order chi connectivity index (χ1) is 9.29. The normalized spacial score (nSPS) is 18.4. The Hall–Kier alpha value is -0.820. The van der Waals surface area contributed by atoms with Gasteiger partial charge in [-0.25, -0.2) is 0 Å². The Bertz CT molecular complexity index is 348. The van der Waals surface area contributed by atoms with Crippen LogP contribution in [0.2, 0.25) is 0 Å². The number of benzene rings is 1. The summed E-state index contributed by atoms with van der Waals surface area (Å²) in [5.41, 5.74) is 9.16. The van der Waals surface area contributed by atoms with Gasteiger partial charge in [-0.05, 0) is 36.3 Å². The smallest absolute Gasteiger partial charge is 0.0297 e. The van der Waals surface area contributed by atoms with Crippen molar-refractivity contribution in [1.82, 2.24) is 0 Å². The van der Waals surface area contributed by atoms with Crippen LogP contribution in [0.25, 0.3) is 0 Å². The first-order valence-electron chi connectivity index (χ1n) is 8.14. The molecule has 0 heterocycles. The number of hydrogen-bond acceptors (Lipinski definition) is 1. The van der Waals surface area contributed by atoms with Crippen LogP contribution in [-0.2, 0) is 6.42 Å². The van der Waals surface area contributed by atoms with Crippen molar-refractivity contribution in [2.75, 3.05) is 0 Å². The molecule has 1 nitrogen and oxygen atoms in total. The lowest BCUT2D eigenvalue weighted by Crippen LogP contribution is -2.17. The molecule has 2 rings (SSSR count). The lowest BCUT2D eigenvalue weighted by molar-refractivity contribution is 0.319. The van der Waals surface area contributed by atoms with E-state index in [9.17, 15) is 0 Å². The Morgan fingerprint density at radius 2 is 1.79 bits per heavy atom. The van der Waals surface area contributed by atoms with Gasteiger partial charge in [0.2, 0.25) is 0 Å². The van der Waals surface area contributed by atoms with Gasteiger partial charge >= 0.3 is 0 Å². The summed E-state index contributed by atoms with van der Waals surface area (Å²) in [5, 5.41) is 0. The van der Waals surface area contributed by atoms with Crippen molar-refractivity contribution in [3.05, 3.63) is 35.4 Å².